The molecule has 1 heterocycles. The molecule has 1 saturated carbocycles. The summed E-state index contributed by atoms with van der Waals surface area (Å²) in [5, 5.41) is 3.61. The first kappa shape index (κ1) is 17.9. The van der Waals surface area contributed by atoms with Crippen molar-refractivity contribution in [1.82, 2.24) is 15.1 Å². The van der Waals surface area contributed by atoms with Crippen LogP contribution in [0.25, 0.3) is 0 Å². The van der Waals surface area contributed by atoms with E-state index < -0.39 is 0 Å². The normalized spacial score (nSPS) is 23.2. The molecule has 1 N–H and O–H groups in total. The van der Waals surface area contributed by atoms with Crippen molar-refractivity contribution >= 4 is 17.7 Å². The van der Waals surface area contributed by atoms with Gasteiger partial charge in [0.05, 0.1) is 0 Å². The molecule has 4 nitrogen and oxygen atoms in total. The highest BCUT2D eigenvalue weighted by Crippen LogP contribution is 2.42. The SMILES string of the molecule is CN=C(NCC(C)(C)N(C)C)N1CCSC2(CCCCC2)C1. The van der Waals surface area contributed by atoms with Crippen molar-refractivity contribution in [1.29, 1.82) is 0 Å². The van der Waals surface area contributed by atoms with E-state index in [4.69, 9.17) is 0 Å². The van der Waals surface area contributed by atoms with E-state index in [1.807, 2.05) is 7.05 Å². The van der Waals surface area contributed by atoms with Gasteiger partial charge < -0.3 is 15.1 Å². The van der Waals surface area contributed by atoms with E-state index >= 15 is 0 Å². The maximum absolute atomic E-state index is 4.56. The van der Waals surface area contributed by atoms with Crippen LogP contribution in [0.4, 0.5) is 0 Å². The first-order valence-electron chi connectivity index (χ1n) is 8.66. The van der Waals surface area contributed by atoms with E-state index in [0.29, 0.717) is 4.75 Å². The van der Waals surface area contributed by atoms with Crippen LogP contribution in [-0.2, 0) is 0 Å². The van der Waals surface area contributed by atoms with E-state index in [2.05, 4.69) is 59.8 Å². The van der Waals surface area contributed by atoms with Crippen LogP contribution in [0.3, 0.4) is 0 Å². The Balaban J connectivity index is 1.96. The molecule has 128 valence electrons. The maximum atomic E-state index is 4.56. The zero-order chi connectivity index (χ0) is 16.2. The zero-order valence-corrected chi connectivity index (χ0v) is 15.9. The van der Waals surface area contributed by atoms with Crippen molar-refractivity contribution in [2.75, 3.05) is 46.5 Å². The Kier molecular flexibility index (Phi) is 6.06. The molecule has 0 radical (unpaired) electrons. The van der Waals surface area contributed by atoms with E-state index in [1.165, 1.54) is 44.4 Å². The Hall–Kier alpha value is -0.420. The summed E-state index contributed by atoms with van der Waals surface area (Å²) < 4.78 is 0.491. The number of hydrogen-bond donors (Lipinski definition) is 1. The Morgan fingerprint density at radius 3 is 2.55 bits per heavy atom. The van der Waals surface area contributed by atoms with Gasteiger partial charge in [-0.1, -0.05) is 19.3 Å². The first-order valence-corrected chi connectivity index (χ1v) is 9.64. The van der Waals surface area contributed by atoms with Gasteiger partial charge in [0.1, 0.15) is 0 Å². The third-order valence-electron chi connectivity index (χ3n) is 5.41. The number of rotatable bonds is 3. The summed E-state index contributed by atoms with van der Waals surface area (Å²) >= 11 is 2.21. The summed E-state index contributed by atoms with van der Waals surface area (Å²) in [4.78, 5) is 9.32. The lowest BCUT2D eigenvalue weighted by atomic mass is 9.87. The topological polar surface area (TPSA) is 30.9 Å². The van der Waals surface area contributed by atoms with Gasteiger partial charge in [0, 0.05) is 42.7 Å². The van der Waals surface area contributed by atoms with E-state index in [0.717, 1.165) is 19.0 Å². The fraction of sp³-hybridized carbons (Fsp3) is 0.941. The standard InChI is InChI=1S/C17H34N4S/c1-16(2,20(4)5)13-19-15(18-3)21-11-12-22-17(14-21)9-7-6-8-10-17/h6-14H2,1-5H3,(H,18,19). The number of nitrogens with one attached hydrogen (secondary N) is 1. The van der Waals surface area contributed by atoms with Gasteiger partial charge in [-0.25, -0.2) is 0 Å². The summed E-state index contributed by atoms with van der Waals surface area (Å²) in [5.41, 5.74) is 0.128. The van der Waals surface area contributed by atoms with Crippen LogP contribution >= 0.6 is 11.8 Å². The van der Waals surface area contributed by atoms with Gasteiger partial charge in [0.15, 0.2) is 5.96 Å². The van der Waals surface area contributed by atoms with Crippen LogP contribution in [-0.4, -0.2) is 72.6 Å². The molecular formula is C17H34N4S. The molecule has 1 saturated heterocycles. The maximum Gasteiger partial charge on any atom is 0.193 e. The summed E-state index contributed by atoms with van der Waals surface area (Å²) in [5.74, 6) is 2.32. The van der Waals surface area contributed by atoms with Crippen molar-refractivity contribution in [2.24, 2.45) is 4.99 Å². The number of likely N-dealkylation sites (N-methyl/N-ethyl adjacent to an activating group) is 1. The second-order valence-electron chi connectivity index (χ2n) is 7.62. The number of aliphatic imine (C=N–C) groups is 1. The molecule has 5 heteroatoms. The van der Waals surface area contributed by atoms with Gasteiger partial charge in [0.2, 0.25) is 0 Å². The van der Waals surface area contributed by atoms with Gasteiger partial charge in [0.25, 0.3) is 0 Å². The second kappa shape index (κ2) is 7.43. The zero-order valence-electron chi connectivity index (χ0n) is 15.1. The molecule has 0 unspecified atom stereocenters. The monoisotopic (exact) mass is 326 g/mol. The quantitative estimate of drug-likeness (QED) is 0.638. The van der Waals surface area contributed by atoms with Crippen molar-refractivity contribution in [2.45, 2.75) is 56.2 Å². The average Bonchev–Trinajstić information content (AvgIpc) is 2.48. The van der Waals surface area contributed by atoms with Crippen molar-refractivity contribution in [3.8, 4) is 0 Å². The van der Waals surface area contributed by atoms with E-state index in [1.54, 1.807) is 0 Å². The minimum absolute atomic E-state index is 0.128. The third kappa shape index (κ3) is 4.31. The van der Waals surface area contributed by atoms with Crippen molar-refractivity contribution < 1.29 is 0 Å². The summed E-state index contributed by atoms with van der Waals surface area (Å²) in [6, 6.07) is 0. The van der Waals surface area contributed by atoms with Gasteiger partial charge in [-0.2, -0.15) is 11.8 Å². The molecule has 2 fully saturated rings. The van der Waals surface area contributed by atoms with Gasteiger partial charge in [-0.3, -0.25) is 4.99 Å². The van der Waals surface area contributed by atoms with Gasteiger partial charge in [-0.15, -0.1) is 0 Å². The lowest BCUT2D eigenvalue weighted by molar-refractivity contribution is 0.194. The number of thioether (sulfide) groups is 1. The van der Waals surface area contributed by atoms with Crippen molar-refractivity contribution in [3.63, 3.8) is 0 Å². The minimum Gasteiger partial charge on any atom is -0.354 e. The molecular weight excluding hydrogens is 292 g/mol. The molecule has 0 aromatic carbocycles. The lowest BCUT2D eigenvalue weighted by Gasteiger charge is -2.46. The van der Waals surface area contributed by atoms with Crippen LogP contribution in [0.15, 0.2) is 4.99 Å². The molecule has 0 atom stereocenters. The van der Waals surface area contributed by atoms with Crippen LogP contribution < -0.4 is 5.32 Å². The van der Waals surface area contributed by atoms with Crippen LogP contribution in [0, 0.1) is 0 Å². The van der Waals surface area contributed by atoms with Gasteiger partial charge in [-0.05, 0) is 40.8 Å². The molecule has 22 heavy (non-hydrogen) atoms. The average molecular weight is 327 g/mol. The third-order valence-corrected chi connectivity index (χ3v) is 6.95. The van der Waals surface area contributed by atoms with E-state index in [-0.39, 0.29) is 5.54 Å². The number of guanidine groups is 1. The smallest absolute Gasteiger partial charge is 0.193 e. The molecule has 2 aliphatic rings. The molecule has 2 rings (SSSR count). The van der Waals surface area contributed by atoms with Crippen LogP contribution in [0.5, 0.6) is 0 Å². The highest BCUT2D eigenvalue weighted by molar-refractivity contribution is 8.00. The summed E-state index contributed by atoms with van der Waals surface area (Å²) in [6.45, 7) is 7.74. The second-order valence-corrected chi connectivity index (χ2v) is 9.18. The van der Waals surface area contributed by atoms with Crippen molar-refractivity contribution in [3.05, 3.63) is 0 Å². The summed E-state index contributed by atoms with van der Waals surface area (Å²) in [7, 11) is 6.19. The number of nitrogens with zero attached hydrogens (tertiary/aromatic N) is 3. The fourth-order valence-electron chi connectivity index (χ4n) is 3.31. The Labute approximate surface area is 141 Å². The first-order chi connectivity index (χ1) is 10.4. The summed E-state index contributed by atoms with van der Waals surface area (Å²) in [6.07, 6.45) is 7.00. The molecule has 0 bridgehead atoms. The number of hydrogen-bond acceptors (Lipinski definition) is 3. The van der Waals surface area contributed by atoms with Gasteiger partial charge >= 0.3 is 0 Å². The predicted molar refractivity (Wildman–Crippen MR) is 99.0 cm³/mol. The Morgan fingerprint density at radius 2 is 1.95 bits per heavy atom. The molecule has 0 aromatic heterocycles. The van der Waals surface area contributed by atoms with E-state index in [9.17, 15) is 0 Å². The molecule has 1 aliphatic carbocycles. The highest BCUT2D eigenvalue weighted by atomic mass is 32.2. The molecule has 1 spiro atoms. The van der Waals surface area contributed by atoms with Crippen LogP contribution in [0.1, 0.15) is 46.0 Å². The lowest BCUT2D eigenvalue weighted by Crippen LogP contribution is -2.56. The largest absolute Gasteiger partial charge is 0.354 e. The molecule has 1 aliphatic heterocycles. The fourth-order valence-corrected chi connectivity index (χ4v) is 4.88. The van der Waals surface area contributed by atoms with Crippen LogP contribution in [0.2, 0.25) is 0 Å². The minimum atomic E-state index is 0.128. The Morgan fingerprint density at radius 1 is 1.27 bits per heavy atom. The highest BCUT2D eigenvalue weighted by Gasteiger charge is 2.38. The Bertz CT molecular complexity index is 381. The predicted octanol–water partition coefficient (Wildman–Crippen LogP) is 2.65. The molecule has 0 aromatic rings. The molecule has 0 amide bonds.